The molecule has 1 saturated heterocycles. The monoisotopic (exact) mass is 470 g/mol. The van der Waals surface area contributed by atoms with E-state index in [2.05, 4.69) is 27.5 Å². The molecular formula is C20H26Cl2N5O4+. The van der Waals surface area contributed by atoms with Crippen LogP contribution in [0.15, 0.2) is 18.2 Å². The normalized spacial score (nSPS) is 13.2. The summed E-state index contributed by atoms with van der Waals surface area (Å²) in [6.45, 7) is 5.82. The molecule has 1 aliphatic heterocycles. The second kappa shape index (κ2) is 11.6. The zero-order valence-corrected chi connectivity index (χ0v) is 19.1. The molecule has 9 nitrogen and oxygen atoms in total. The smallest absolute Gasteiger partial charge is 0.442 e. The molecule has 0 saturated carbocycles. The Morgan fingerprint density at radius 2 is 1.94 bits per heavy atom. The van der Waals surface area contributed by atoms with Crippen molar-refractivity contribution in [3.63, 3.8) is 0 Å². The van der Waals surface area contributed by atoms with Crippen LogP contribution < -0.4 is 20.6 Å². The van der Waals surface area contributed by atoms with E-state index in [0.29, 0.717) is 15.7 Å². The van der Waals surface area contributed by atoms with E-state index in [1.165, 1.54) is 4.90 Å². The van der Waals surface area contributed by atoms with Crippen molar-refractivity contribution in [2.75, 3.05) is 11.9 Å². The minimum Gasteiger partial charge on any atom is -0.442 e. The lowest BCUT2D eigenvalue weighted by Gasteiger charge is -2.12. The number of benzene rings is 1. The maximum Gasteiger partial charge on any atom is 0.452 e. The van der Waals surface area contributed by atoms with Crippen molar-refractivity contribution in [1.29, 1.82) is 0 Å². The second-order valence-electron chi connectivity index (χ2n) is 7.08. The first-order valence-electron chi connectivity index (χ1n) is 9.99. The van der Waals surface area contributed by atoms with E-state index in [0.717, 1.165) is 25.7 Å². The van der Waals surface area contributed by atoms with Gasteiger partial charge >= 0.3 is 29.8 Å². The van der Waals surface area contributed by atoms with E-state index in [9.17, 15) is 14.4 Å². The van der Waals surface area contributed by atoms with Crippen LogP contribution >= 0.6 is 23.2 Å². The molecule has 0 atom stereocenters. The van der Waals surface area contributed by atoms with Crippen molar-refractivity contribution < 1.29 is 19.1 Å². The van der Waals surface area contributed by atoms with Gasteiger partial charge in [0.25, 0.3) is 0 Å². The first-order chi connectivity index (χ1) is 14.7. The molecule has 0 aliphatic carbocycles. The summed E-state index contributed by atoms with van der Waals surface area (Å²) in [7, 11) is 0. The summed E-state index contributed by atoms with van der Waals surface area (Å²) in [6, 6.07) is 4.41. The zero-order chi connectivity index (χ0) is 23.0. The first-order valence-corrected chi connectivity index (χ1v) is 10.7. The number of nitrogens with one attached hydrogen (secondary N) is 3. The fraction of sp³-hybridized carbons (Fsp3) is 0.450. The Morgan fingerprint density at radius 1 is 1.19 bits per heavy atom. The molecule has 1 fully saturated rings. The Labute approximate surface area is 190 Å². The Morgan fingerprint density at radius 3 is 2.58 bits per heavy atom. The molecule has 1 heterocycles. The van der Waals surface area contributed by atoms with Crippen LogP contribution in [0.25, 0.3) is 0 Å². The number of unbranched alkanes of at least 4 members (excludes halogenated alkanes) is 3. The predicted octanol–water partition coefficient (Wildman–Crippen LogP) is 2.86. The van der Waals surface area contributed by atoms with E-state index in [4.69, 9.17) is 27.9 Å². The first kappa shape index (κ1) is 24.5. The van der Waals surface area contributed by atoms with Crippen LogP contribution in [0.2, 0.25) is 10.0 Å². The molecule has 0 spiro atoms. The minimum atomic E-state index is -0.806. The summed E-state index contributed by atoms with van der Waals surface area (Å²) in [5.41, 5.74) is 0.476. The molecule has 1 aromatic rings. The van der Waals surface area contributed by atoms with Crippen molar-refractivity contribution in [2.24, 2.45) is 0 Å². The van der Waals surface area contributed by atoms with Gasteiger partial charge in [-0.25, -0.2) is 19.7 Å². The van der Waals surface area contributed by atoms with Crippen LogP contribution in [-0.2, 0) is 14.3 Å². The third-order valence-electron chi connectivity index (χ3n) is 4.23. The molecule has 0 unspecified atom stereocenters. The van der Waals surface area contributed by atoms with Gasteiger partial charge in [0.1, 0.15) is 0 Å². The third kappa shape index (κ3) is 7.17. The molecule has 0 bridgehead atoms. The van der Waals surface area contributed by atoms with Gasteiger partial charge in [-0.15, -0.1) is 0 Å². The lowest BCUT2D eigenvalue weighted by molar-refractivity contribution is -0.140. The van der Waals surface area contributed by atoms with Gasteiger partial charge in [-0.3, -0.25) is 14.9 Å². The molecule has 11 heteroatoms. The van der Waals surface area contributed by atoms with Crippen LogP contribution in [0.1, 0.15) is 46.5 Å². The van der Waals surface area contributed by atoms with Gasteiger partial charge in [0.15, 0.2) is 0 Å². The molecular weight excluding hydrogens is 445 g/mol. The van der Waals surface area contributed by atoms with Crippen LogP contribution in [0.5, 0.6) is 0 Å². The van der Waals surface area contributed by atoms with Gasteiger partial charge < -0.3 is 4.74 Å². The second-order valence-corrected chi connectivity index (χ2v) is 7.90. The SMILES string of the molecule is CCCCCCOC(=O)NC(=[N+]=C1NC(=O)C(=O)N1C(C)C)Nc1ccc(Cl)c(Cl)c1. The molecule has 0 radical (unpaired) electrons. The zero-order valence-electron chi connectivity index (χ0n) is 17.6. The minimum absolute atomic E-state index is 0.0178. The number of carbonyl (C=O) groups is 3. The highest BCUT2D eigenvalue weighted by atomic mass is 35.5. The molecule has 1 aromatic carbocycles. The maximum absolute atomic E-state index is 12.2. The predicted molar refractivity (Wildman–Crippen MR) is 121 cm³/mol. The van der Waals surface area contributed by atoms with Gasteiger partial charge in [0.05, 0.1) is 28.4 Å². The lowest BCUT2D eigenvalue weighted by atomic mass is 10.2. The van der Waals surface area contributed by atoms with E-state index < -0.39 is 17.9 Å². The Kier molecular flexibility index (Phi) is 9.18. The number of anilines is 1. The van der Waals surface area contributed by atoms with E-state index >= 15 is 0 Å². The Bertz CT molecular complexity index is 913. The summed E-state index contributed by atoms with van der Waals surface area (Å²) in [5, 5.41) is 8.44. The number of amides is 3. The molecule has 3 N–H and O–H groups in total. The Hall–Kier alpha value is -2.74. The molecule has 1 aliphatic rings. The largest absolute Gasteiger partial charge is 0.452 e. The van der Waals surface area contributed by atoms with Crippen LogP contribution in [-0.4, -0.2) is 47.4 Å². The topological polar surface area (TPSA) is 114 Å². The molecule has 2 rings (SSSR count). The maximum atomic E-state index is 12.2. The van der Waals surface area contributed by atoms with E-state index in [1.54, 1.807) is 32.0 Å². The average Bonchev–Trinajstić information content (AvgIpc) is 2.98. The number of hydrogen-bond donors (Lipinski definition) is 3. The number of carbonyl (C=O) groups excluding carboxylic acids is 3. The Balaban J connectivity index is 2.28. The van der Waals surface area contributed by atoms with Gasteiger partial charge in [-0.2, -0.15) is 5.32 Å². The molecule has 0 aromatic heterocycles. The van der Waals surface area contributed by atoms with Crippen LogP contribution in [0.3, 0.4) is 0 Å². The van der Waals surface area contributed by atoms with Crippen LogP contribution in [0, 0.1) is 0 Å². The number of rotatable bonds is 7. The summed E-state index contributed by atoms with van der Waals surface area (Å²) < 4.78 is 9.42. The van der Waals surface area contributed by atoms with Crippen molar-refractivity contribution in [3.8, 4) is 0 Å². The number of halogens is 2. The standard InChI is InChI=1S/C20H25Cl2N5O4/c1-4-5-6-7-10-31-20(30)26-18(23-13-8-9-14(21)15(22)11-13)25-19-24-16(28)17(29)27(19)12(2)3/h8-9,11-12H,4-7,10H2,1-3H3,(H2,23,24,25,26,28,30)/p+1. The molecule has 168 valence electrons. The lowest BCUT2D eigenvalue weighted by Crippen LogP contribution is -2.44. The van der Waals surface area contributed by atoms with E-state index in [1.807, 2.05) is 0 Å². The van der Waals surface area contributed by atoms with Crippen molar-refractivity contribution in [1.82, 2.24) is 20.2 Å². The van der Waals surface area contributed by atoms with Gasteiger partial charge in [-0.05, 0) is 38.5 Å². The van der Waals surface area contributed by atoms with Crippen molar-refractivity contribution in [2.45, 2.75) is 52.5 Å². The van der Waals surface area contributed by atoms with Gasteiger partial charge in [0, 0.05) is 0 Å². The van der Waals surface area contributed by atoms with Crippen molar-refractivity contribution in [3.05, 3.63) is 28.2 Å². The number of guanidine groups is 2. The number of alkyl carbamates (subject to hydrolysis) is 1. The summed E-state index contributed by atoms with van der Waals surface area (Å²) in [5.74, 6) is -1.62. The van der Waals surface area contributed by atoms with Crippen LogP contribution in [0.4, 0.5) is 10.5 Å². The van der Waals surface area contributed by atoms with Gasteiger partial charge in [-0.1, -0.05) is 49.4 Å². The highest BCUT2D eigenvalue weighted by Gasteiger charge is 2.43. The average molecular weight is 471 g/mol. The number of ether oxygens (including phenoxy) is 1. The summed E-state index contributed by atoms with van der Waals surface area (Å²) in [4.78, 5) is 37.3. The fourth-order valence-electron chi connectivity index (χ4n) is 2.71. The quantitative estimate of drug-likeness (QED) is 0.186. The highest BCUT2D eigenvalue weighted by Crippen LogP contribution is 2.24. The number of hydrogen-bond acceptors (Lipinski definition) is 4. The molecule has 3 amide bonds. The highest BCUT2D eigenvalue weighted by molar-refractivity contribution is 6.45. The summed E-state index contributed by atoms with van der Waals surface area (Å²) >= 11 is 12.0. The van der Waals surface area contributed by atoms with E-state index in [-0.39, 0.29) is 24.6 Å². The molecule has 31 heavy (non-hydrogen) atoms. The summed E-state index contributed by atoms with van der Waals surface area (Å²) in [6.07, 6.45) is 3.12. The van der Waals surface area contributed by atoms with Crippen molar-refractivity contribution >= 4 is 58.7 Å². The fourth-order valence-corrected chi connectivity index (χ4v) is 3.01. The number of nitrogens with zero attached hydrogens (tertiary/aromatic N) is 2. The van der Waals surface area contributed by atoms with Gasteiger partial charge in [0.2, 0.25) is 0 Å². The third-order valence-corrected chi connectivity index (χ3v) is 4.97.